The number of rotatable bonds is 2. The van der Waals surface area contributed by atoms with E-state index in [1.807, 2.05) is 6.92 Å². The third-order valence-corrected chi connectivity index (χ3v) is 5.52. The molecule has 114 valence electrons. The molecule has 0 aliphatic rings. The topological polar surface area (TPSA) is 0 Å². The third-order valence-electron chi connectivity index (χ3n) is 5.52. The van der Waals surface area contributed by atoms with Gasteiger partial charge in [-0.25, -0.2) is 4.39 Å². The van der Waals surface area contributed by atoms with E-state index in [4.69, 9.17) is 0 Å². The smallest absolute Gasteiger partial charge is 0.134 e. The molecule has 1 heteroatoms. The van der Waals surface area contributed by atoms with Crippen molar-refractivity contribution in [3.8, 4) is 0 Å². The van der Waals surface area contributed by atoms with Gasteiger partial charge in [0.2, 0.25) is 0 Å². The van der Waals surface area contributed by atoms with E-state index in [2.05, 4.69) is 48.5 Å². The van der Waals surface area contributed by atoms with E-state index < -0.39 is 0 Å². The maximum absolute atomic E-state index is 15.1. The molecule has 0 spiro atoms. The van der Waals surface area contributed by atoms with Crippen LogP contribution in [0.3, 0.4) is 0 Å². The quantitative estimate of drug-likeness (QED) is 0.604. The van der Waals surface area contributed by atoms with Crippen molar-refractivity contribution in [1.82, 2.24) is 0 Å². The van der Waals surface area contributed by atoms with Gasteiger partial charge in [0, 0.05) is 5.39 Å². The molecule has 0 aromatic heterocycles. The van der Waals surface area contributed by atoms with Crippen LogP contribution < -0.4 is 0 Å². The van der Waals surface area contributed by atoms with Gasteiger partial charge in [0.25, 0.3) is 0 Å². The average Bonchev–Trinajstić information content (AvgIpc) is 2.46. The molecular weight excluding hydrogens is 259 g/mol. The summed E-state index contributed by atoms with van der Waals surface area (Å²) < 4.78 is 15.1. The van der Waals surface area contributed by atoms with Gasteiger partial charge >= 0.3 is 0 Å². The molecule has 2 aromatic carbocycles. The van der Waals surface area contributed by atoms with E-state index in [1.165, 1.54) is 27.8 Å². The summed E-state index contributed by atoms with van der Waals surface area (Å²) in [5.74, 6) is 0.375. The predicted octanol–water partition coefficient (Wildman–Crippen LogP) is 6.34. The Morgan fingerprint density at radius 2 is 1.19 bits per heavy atom. The van der Waals surface area contributed by atoms with Crippen LogP contribution in [0.5, 0.6) is 0 Å². The van der Waals surface area contributed by atoms with E-state index in [1.54, 1.807) is 0 Å². The molecule has 0 N–H and O–H groups in total. The Bertz CT molecular complexity index is 723. The maximum atomic E-state index is 15.1. The SMILES string of the molecule is CCC(C)c1c(C)c(F)c2c(C)c(C)c(C)c(C)c2c1C. The lowest BCUT2D eigenvalue weighted by molar-refractivity contribution is 0.618. The lowest BCUT2D eigenvalue weighted by Crippen LogP contribution is -2.06. The van der Waals surface area contributed by atoms with Crippen molar-refractivity contribution in [1.29, 1.82) is 0 Å². The summed E-state index contributed by atoms with van der Waals surface area (Å²) in [6, 6.07) is 0. The van der Waals surface area contributed by atoms with E-state index in [-0.39, 0.29) is 5.82 Å². The first kappa shape index (κ1) is 16.0. The first-order chi connectivity index (χ1) is 9.73. The van der Waals surface area contributed by atoms with Crippen LogP contribution in [0.25, 0.3) is 10.8 Å². The molecule has 0 amide bonds. The van der Waals surface area contributed by atoms with Crippen LogP contribution in [0.15, 0.2) is 0 Å². The minimum atomic E-state index is -0.0189. The van der Waals surface area contributed by atoms with Gasteiger partial charge in [-0.3, -0.25) is 0 Å². The molecule has 1 unspecified atom stereocenters. The van der Waals surface area contributed by atoms with Gasteiger partial charge in [-0.1, -0.05) is 13.8 Å². The van der Waals surface area contributed by atoms with Gasteiger partial charge in [0.15, 0.2) is 0 Å². The fourth-order valence-electron chi connectivity index (χ4n) is 3.72. The molecule has 2 aromatic rings. The van der Waals surface area contributed by atoms with Crippen molar-refractivity contribution in [2.45, 2.75) is 67.7 Å². The van der Waals surface area contributed by atoms with E-state index in [0.29, 0.717) is 5.92 Å². The van der Waals surface area contributed by atoms with E-state index in [9.17, 15) is 0 Å². The zero-order valence-electron chi connectivity index (χ0n) is 14.7. The highest BCUT2D eigenvalue weighted by Gasteiger charge is 2.22. The molecule has 0 bridgehead atoms. The van der Waals surface area contributed by atoms with Crippen molar-refractivity contribution in [3.63, 3.8) is 0 Å². The molecule has 0 saturated carbocycles. The van der Waals surface area contributed by atoms with Crippen molar-refractivity contribution >= 4 is 10.8 Å². The maximum Gasteiger partial charge on any atom is 0.134 e. The van der Waals surface area contributed by atoms with Crippen LogP contribution in [-0.4, -0.2) is 0 Å². The fraction of sp³-hybridized carbons (Fsp3) is 0.500. The summed E-state index contributed by atoms with van der Waals surface area (Å²) in [7, 11) is 0. The Balaban J connectivity index is 3.11. The minimum absolute atomic E-state index is 0.0189. The highest BCUT2D eigenvalue weighted by molar-refractivity contribution is 5.95. The molecule has 0 fully saturated rings. The van der Waals surface area contributed by atoms with Crippen LogP contribution in [0.1, 0.15) is 65.1 Å². The zero-order valence-corrected chi connectivity index (χ0v) is 14.7. The summed E-state index contributed by atoms with van der Waals surface area (Å²) in [6.45, 7) is 16.9. The molecule has 1 atom stereocenters. The second kappa shape index (κ2) is 5.44. The normalized spacial score (nSPS) is 13.0. The van der Waals surface area contributed by atoms with Crippen LogP contribution in [0, 0.1) is 47.4 Å². The Kier molecular flexibility index (Phi) is 4.15. The first-order valence-corrected chi connectivity index (χ1v) is 7.92. The number of hydrogen-bond donors (Lipinski definition) is 0. The van der Waals surface area contributed by atoms with Crippen molar-refractivity contribution in [3.05, 3.63) is 44.8 Å². The van der Waals surface area contributed by atoms with Crippen molar-refractivity contribution in [2.75, 3.05) is 0 Å². The fourth-order valence-corrected chi connectivity index (χ4v) is 3.72. The Morgan fingerprint density at radius 1 is 0.714 bits per heavy atom. The number of halogens is 1. The Labute approximate surface area is 128 Å². The lowest BCUT2D eigenvalue weighted by Gasteiger charge is -2.23. The number of benzene rings is 2. The van der Waals surface area contributed by atoms with Crippen LogP contribution in [-0.2, 0) is 0 Å². The monoisotopic (exact) mass is 286 g/mol. The lowest BCUT2D eigenvalue weighted by atomic mass is 9.82. The molecule has 2 rings (SSSR count). The van der Waals surface area contributed by atoms with Gasteiger partial charge in [-0.2, -0.15) is 0 Å². The summed E-state index contributed by atoms with van der Waals surface area (Å²) in [4.78, 5) is 0. The third kappa shape index (κ3) is 2.18. The van der Waals surface area contributed by atoms with Gasteiger partial charge in [-0.15, -0.1) is 0 Å². The minimum Gasteiger partial charge on any atom is -0.206 e. The highest BCUT2D eigenvalue weighted by Crippen LogP contribution is 2.39. The summed E-state index contributed by atoms with van der Waals surface area (Å²) >= 11 is 0. The van der Waals surface area contributed by atoms with Gasteiger partial charge in [0.1, 0.15) is 5.82 Å². The van der Waals surface area contributed by atoms with Gasteiger partial charge in [-0.05, 0) is 98.2 Å². The molecule has 0 radical (unpaired) electrons. The molecule has 0 aliphatic heterocycles. The molecular formula is C20H27F. The van der Waals surface area contributed by atoms with Crippen LogP contribution in [0.2, 0.25) is 0 Å². The van der Waals surface area contributed by atoms with E-state index >= 15 is 4.39 Å². The molecule has 0 saturated heterocycles. The number of hydrogen-bond acceptors (Lipinski definition) is 0. The standard InChI is InChI=1S/C20H27F/c1-9-10(2)17-15(7)18-13(5)11(3)12(4)14(6)19(18)20(21)16(17)8/h10H,9H2,1-8H3. The number of aryl methyl sites for hydroxylation is 3. The van der Waals surface area contributed by atoms with Crippen molar-refractivity contribution in [2.24, 2.45) is 0 Å². The van der Waals surface area contributed by atoms with Gasteiger partial charge in [0.05, 0.1) is 0 Å². The first-order valence-electron chi connectivity index (χ1n) is 7.92. The van der Waals surface area contributed by atoms with Crippen LogP contribution in [0.4, 0.5) is 4.39 Å². The Hall–Kier alpha value is -1.37. The molecule has 0 aliphatic carbocycles. The summed E-state index contributed by atoms with van der Waals surface area (Å²) in [6.07, 6.45) is 1.04. The zero-order chi connectivity index (χ0) is 16.1. The highest BCUT2D eigenvalue weighted by atomic mass is 19.1. The second-order valence-corrected chi connectivity index (χ2v) is 6.54. The van der Waals surface area contributed by atoms with Crippen LogP contribution >= 0.6 is 0 Å². The van der Waals surface area contributed by atoms with Crippen molar-refractivity contribution < 1.29 is 4.39 Å². The largest absolute Gasteiger partial charge is 0.206 e. The Morgan fingerprint density at radius 3 is 1.67 bits per heavy atom. The predicted molar refractivity (Wildman–Crippen MR) is 91.0 cm³/mol. The summed E-state index contributed by atoms with van der Waals surface area (Å²) in [5.41, 5.74) is 8.13. The summed E-state index contributed by atoms with van der Waals surface area (Å²) in [5, 5.41) is 1.96. The molecule has 21 heavy (non-hydrogen) atoms. The average molecular weight is 286 g/mol. The number of fused-ring (bicyclic) bond motifs is 1. The van der Waals surface area contributed by atoms with E-state index in [0.717, 1.165) is 28.3 Å². The van der Waals surface area contributed by atoms with Gasteiger partial charge < -0.3 is 0 Å². The molecule has 0 heterocycles. The second-order valence-electron chi connectivity index (χ2n) is 6.54. The molecule has 0 nitrogen and oxygen atoms in total.